The van der Waals surface area contributed by atoms with Crippen LogP contribution < -0.4 is 15.2 Å². The van der Waals surface area contributed by atoms with Crippen molar-refractivity contribution >= 4 is 11.6 Å². The van der Waals surface area contributed by atoms with Crippen molar-refractivity contribution in [1.29, 1.82) is 0 Å². The highest BCUT2D eigenvalue weighted by atomic mass is 35.5. The van der Waals surface area contributed by atoms with Gasteiger partial charge in [-0.25, -0.2) is 0 Å². The normalized spacial score (nSPS) is 15.6. The Morgan fingerprint density at radius 3 is 2.56 bits per heavy atom. The number of nitrogens with two attached hydrogens (primary N) is 1. The summed E-state index contributed by atoms with van der Waals surface area (Å²) in [5.41, 5.74) is 7.04. The van der Waals surface area contributed by atoms with Gasteiger partial charge in [-0.05, 0) is 24.0 Å². The van der Waals surface area contributed by atoms with Crippen LogP contribution >= 0.6 is 11.6 Å². The molecule has 1 unspecified atom stereocenters. The molecular formula is C12H16ClNO2. The van der Waals surface area contributed by atoms with E-state index in [-0.39, 0.29) is 12.8 Å². The van der Waals surface area contributed by atoms with E-state index in [0.717, 1.165) is 17.7 Å². The van der Waals surface area contributed by atoms with Crippen molar-refractivity contribution in [2.24, 2.45) is 11.7 Å². The summed E-state index contributed by atoms with van der Waals surface area (Å²) < 4.78 is 10.6. The number of benzene rings is 1. The molecule has 1 atom stereocenters. The molecule has 1 aromatic rings. The summed E-state index contributed by atoms with van der Waals surface area (Å²) in [6, 6.07) is 3.61. The molecule has 2 N–H and O–H groups in total. The van der Waals surface area contributed by atoms with Gasteiger partial charge in [0.15, 0.2) is 11.5 Å². The molecule has 1 aromatic carbocycles. The average Bonchev–Trinajstić information content (AvgIpc) is 2.61. The quantitative estimate of drug-likeness (QED) is 0.884. The predicted octanol–water partition coefficient (Wildman–Crippen LogP) is 3.11. The first-order chi connectivity index (χ1) is 7.58. The Hall–Kier alpha value is -0.930. The topological polar surface area (TPSA) is 44.5 Å². The molecule has 0 saturated carbocycles. The van der Waals surface area contributed by atoms with E-state index in [0.29, 0.717) is 16.7 Å². The summed E-state index contributed by atoms with van der Waals surface area (Å²) in [5.74, 6) is 1.97. The van der Waals surface area contributed by atoms with E-state index in [1.807, 2.05) is 6.07 Å². The van der Waals surface area contributed by atoms with Crippen LogP contribution in [0, 0.1) is 5.92 Å². The number of halogens is 1. The summed E-state index contributed by atoms with van der Waals surface area (Å²) >= 11 is 6.17. The first kappa shape index (κ1) is 11.6. The minimum atomic E-state index is -0.0537. The lowest BCUT2D eigenvalue weighted by molar-refractivity contribution is 0.174. The van der Waals surface area contributed by atoms with E-state index in [4.69, 9.17) is 26.8 Å². The Labute approximate surface area is 100 Å². The number of fused-ring (bicyclic) bond motifs is 1. The molecule has 1 heterocycles. The number of rotatable bonds is 3. The first-order valence-electron chi connectivity index (χ1n) is 5.42. The molecule has 0 aliphatic carbocycles. The zero-order valence-corrected chi connectivity index (χ0v) is 10.3. The van der Waals surface area contributed by atoms with Gasteiger partial charge in [0.1, 0.15) is 0 Å². The van der Waals surface area contributed by atoms with Gasteiger partial charge < -0.3 is 15.2 Å². The van der Waals surface area contributed by atoms with Crippen LogP contribution in [0.25, 0.3) is 0 Å². The van der Waals surface area contributed by atoms with Gasteiger partial charge in [-0.15, -0.1) is 0 Å². The van der Waals surface area contributed by atoms with Gasteiger partial charge in [0, 0.05) is 17.1 Å². The van der Waals surface area contributed by atoms with Crippen molar-refractivity contribution in [1.82, 2.24) is 0 Å². The molecule has 1 aliphatic rings. The Bertz CT molecular complexity index is 393. The van der Waals surface area contributed by atoms with Gasteiger partial charge in [0.05, 0.1) is 0 Å². The molecule has 3 nitrogen and oxygen atoms in total. The highest BCUT2D eigenvalue weighted by molar-refractivity contribution is 6.31. The third-order valence-corrected chi connectivity index (χ3v) is 2.94. The van der Waals surface area contributed by atoms with Crippen LogP contribution in [0.3, 0.4) is 0 Å². The van der Waals surface area contributed by atoms with Crippen molar-refractivity contribution in [3.05, 3.63) is 22.7 Å². The molecule has 1 aliphatic heterocycles. The maximum Gasteiger partial charge on any atom is 0.231 e. The fraction of sp³-hybridized carbons (Fsp3) is 0.500. The molecule has 0 saturated heterocycles. The van der Waals surface area contributed by atoms with Crippen molar-refractivity contribution in [2.75, 3.05) is 6.79 Å². The highest BCUT2D eigenvalue weighted by Gasteiger charge is 2.20. The van der Waals surface area contributed by atoms with Gasteiger partial charge in [-0.3, -0.25) is 0 Å². The molecule has 4 heteroatoms. The molecule has 0 bridgehead atoms. The molecule has 0 radical (unpaired) electrons. The molecule has 0 amide bonds. The zero-order valence-electron chi connectivity index (χ0n) is 9.50. The van der Waals surface area contributed by atoms with Crippen LogP contribution in [0.4, 0.5) is 0 Å². The Kier molecular flexibility index (Phi) is 3.26. The fourth-order valence-electron chi connectivity index (χ4n) is 1.85. The standard InChI is InChI=1S/C12H16ClNO2/c1-7(2)3-10(14)8-4-11-12(5-9(8)13)16-6-15-11/h4-5,7,10H,3,6,14H2,1-2H3. The van der Waals surface area contributed by atoms with Gasteiger partial charge in [-0.1, -0.05) is 25.4 Å². The van der Waals surface area contributed by atoms with E-state index in [1.54, 1.807) is 6.07 Å². The Balaban J connectivity index is 2.27. The van der Waals surface area contributed by atoms with E-state index < -0.39 is 0 Å². The second kappa shape index (κ2) is 4.52. The van der Waals surface area contributed by atoms with Crippen LogP contribution in [0.2, 0.25) is 5.02 Å². The Morgan fingerprint density at radius 2 is 1.94 bits per heavy atom. The smallest absolute Gasteiger partial charge is 0.231 e. The first-order valence-corrected chi connectivity index (χ1v) is 5.80. The van der Waals surface area contributed by atoms with E-state index in [2.05, 4.69) is 13.8 Å². The molecule has 2 rings (SSSR count). The summed E-state index contributed by atoms with van der Waals surface area (Å²) in [7, 11) is 0. The second-order valence-corrected chi connectivity index (χ2v) is 4.87. The third kappa shape index (κ3) is 2.25. The number of ether oxygens (including phenoxy) is 2. The van der Waals surface area contributed by atoms with Gasteiger partial charge >= 0.3 is 0 Å². The summed E-state index contributed by atoms with van der Waals surface area (Å²) in [6.45, 7) is 4.54. The van der Waals surface area contributed by atoms with Gasteiger partial charge in [0.25, 0.3) is 0 Å². The monoisotopic (exact) mass is 241 g/mol. The van der Waals surface area contributed by atoms with Gasteiger partial charge in [0.2, 0.25) is 6.79 Å². The SMILES string of the molecule is CC(C)CC(N)c1cc2c(cc1Cl)OCO2. The maximum atomic E-state index is 6.17. The molecule has 0 aromatic heterocycles. The molecule has 16 heavy (non-hydrogen) atoms. The Morgan fingerprint density at radius 1 is 1.31 bits per heavy atom. The maximum absolute atomic E-state index is 6.17. The highest BCUT2D eigenvalue weighted by Crippen LogP contribution is 2.39. The van der Waals surface area contributed by atoms with Crippen molar-refractivity contribution in [3.8, 4) is 11.5 Å². The largest absolute Gasteiger partial charge is 0.454 e. The van der Waals surface area contributed by atoms with E-state index in [9.17, 15) is 0 Å². The number of hydrogen-bond donors (Lipinski definition) is 1. The lowest BCUT2D eigenvalue weighted by Crippen LogP contribution is -2.13. The van der Waals surface area contributed by atoms with Crippen LogP contribution in [0.15, 0.2) is 12.1 Å². The van der Waals surface area contributed by atoms with Crippen molar-refractivity contribution in [2.45, 2.75) is 26.3 Å². The summed E-state index contributed by atoms with van der Waals surface area (Å²) in [5, 5.41) is 0.650. The molecular weight excluding hydrogens is 226 g/mol. The molecule has 88 valence electrons. The molecule has 0 fully saturated rings. The van der Waals surface area contributed by atoms with Crippen LogP contribution in [-0.4, -0.2) is 6.79 Å². The third-order valence-electron chi connectivity index (χ3n) is 2.62. The lowest BCUT2D eigenvalue weighted by Gasteiger charge is -2.16. The van der Waals surface area contributed by atoms with E-state index in [1.165, 1.54) is 0 Å². The van der Waals surface area contributed by atoms with Crippen molar-refractivity contribution in [3.63, 3.8) is 0 Å². The molecule has 0 spiro atoms. The number of hydrogen-bond acceptors (Lipinski definition) is 3. The average molecular weight is 242 g/mol. The summed E-state index contributed by atoms with van der Waals surface area (Å²) in [4.78, 5) is 0. The van der Waals surface area contributed by atoms with Gasteiger partial charge in [-0.2, -0.15) is 0 Å². The van der Waals surface area contributed by atoms with Crippen LogP contribution in [0.1, 0.15) is 31.9 Å². The second-order valence-electron chi connectivity index (χ2n) is 4.46. The minimum Gasteiger partial charge on any atom is -0.454 e. The minimum absolute atomic E-state index is 0.0537. The lowest BCUT2D eigenvalue weighted by atomic mass is 9.97. The fourth-order valence-corrected chi connectivity index (χ4v) is 2.15. The van der Waals surface area contributed by atoms with Crippen LogP contribution in [-0.2, 0) is 0 Å². The van der Waals surface area contributed by atoms with E-state index >= 15 is 0 Å². The zero-order chi connectivity index (χ0) is 11.7. The predicted molar refractivity (Wildman–Crippen MR) is 64.0 cm³/mol. The van der Waals surface area contributed by atoms with Crippen LogP contribution in [0.5, 0.6) is 11.5 Å². The summed E-state index contributed by atoms with van der Waals surface area (Å²) in [6.07, 6.45) is 0.902. The van der Waals surface area contributed by atoms with Crippen molar-refractivity contribution < 1.29 is 9.47 Å².